The van der Waals surface area contributed by atoms with E-state index in [0.717, 1.165) is 0 Å². The van der Waals surface area contributed by atoms with Gasteiger partial charge in [0.15, 0.2) is 6.10 Å². The van der Waals surface area contributed by atoms with Gasteiger partial charge >= 0.3 is 0 Å². The molecule has 0 aliphatic carbocycles. The second-order valence-electron chi connectivity index (χ2n) is 3.76. The van der Waals surface area contributed by atoms with E-state index in [-0.39, 0.29) is 5.91 Å². The molecule has 1 saturated heterocycles. The molecule has 1 fully saturated rings. The second-order valence-corrected chi connectivity index (χ2v) is 4.24. The highest BCUT2D eigenvalue weighted by Gasteiger charge is 2.25. The summed E-state index contributed by atoms with van der Waals surface area (Å²) in [5.41, 5.74) is 0.564. The summed E-state index contributed by atoms with van der Waals surface area (Å²) in [6, 6.07) is 9.16. The number of rotatable bonds is 1. The zero-order valence-corrected chi connectivity index (χ0v) is 10.1. The highest BCUT2D eigenvalue weighted by Crippen LogP contribution is 2.17. The minimum atomic E-state index is -0.528. The summed E-state index contributed by atoms with van der Waals surface area (Å²) in [4.78, 5) is 14.5. The van der Waals surface area contributed by atoms with E-state index in [1.807, 2.05) is 12.1 Å². The van der Waals surface area contributed by atoms with Crippen molar-refractivity contribution < 1.29 is 9.53 Å². The largest absolute Gasteiger partial charge is 0.360 e. The lowest BCUT2D eigenvalue weighted by molar-refractivity contribution is 0.00331. The van der Waals surface area contributed by atoms with Crippen LogP contribution in [0.5, 0.6) is 0 Å². The molecule has 17 heavy (non-hydrogen) atoms. The molecule has 88 valence electrons. The summed E-state index contributed by atoms with van der Waals surface area (Å²) in [6.07, 6.45) is -0.528. The molecular formula is C12H12N2O2S. The average molecular weight is 248 g/mol. The molecule has 0 saturated carbocycles. The fourth-order valence-electron chi connectivity index (χ4n) is 1.74. The monoisotopic (exact) mass is 248 g/mol. The Morgan fingerprint density at radius 2 is 2.29 bits per heavy atom. The van der Waals surface area contributed by atoms with Crippen LogP contribution < -0.4 is 0 Å². The molecule has 0 spiro atoms. The van der Waals surface area contributed by atoms with Gasteiger partial charge in [0.05, 0.1) is 24.8 Å². The number of carbonyl (C=O) groups excluding carboxylic acids is 1. The predicted molar refractivity (Wildman–Crippen MR) is 65.0 cm³/mol. The lowest BCUT2D eigenvalue weighted by Crippen LogP contribution is -2.45. The van der Waals surface area contributed by atoms with Crippen molar-refractivity contribution >= 4 is 18.5 Å². The number of hydrogen-bond acceptors (Lipinski definition) is 4. The SMILES string of the molecule is N#CC1CN(C(=O)c2ccccc2S)CCO1. The first-order valence-electron chi connectivity index (χ1n) is 5.31. The molecule has 1 aromatic carbocycles. The molecule has 1 atom stereocenters. The molecule has 1 aromatic rings. The first kappa shape index (κ1) is 12.0. The Hall–Kier alpha value is -1.51. The fourth-order valence-corrected chi connectivity index (χ4v) is 1.99. The number of carbonyl (C=O) groups is 1. The Morgan fingerprint density at radius 3 is 3.00 bits per heavy atom. The molecule has 1 aliphatic rings. The number of amides is 1. The van der Waals surface area contributed by atoms with E-state index < -0.39 is 6.10 Å². The normalized spacial score (nSPS) is 19.8. The Kier molecular flexibility index (Phi) is 3.67. The van der Waals surface area contributed by atoms with Crippen molar-refractivity contribution in [1.29, 1.82) is 5.26 Å². The van der Waals surface area contributed by atoms with Crippen LogP contribution in [0.25, 0.3) is 0 Å². The Balaban J connectivity index is 2.16. The Bertz CT molecular complexity index is 470. The summed E-state index contributed by atoms with van der Waals surface area (Å²) in [6.45, 7) is 1.23. The Morgan fingerprint density at radius 1 is 1.53 bits per heavy atom. The molecule has 1 amide bonds. The second kappa shape index (κ2) is 5.21. The van der Waals surface area contributed by atoms with E-state index in [4.69, 9.17) is 10.00 Å². The maximum Gasteiger partial charge on any atom is 0.255 e. The number of ether oxygens (including phenoxy) is 1. The molecule has 0 aromatic heterocycles. The van der Waals surface area contributed by atoms with E-state index in [9.17, 15) is 4.79 Å². The molecule has 5 heteroatoms. The number of morpholine rings is 1. The number of benzene rings is 1. The van der Waals surface area contributed by atoms with Crippen molar-refractivity contribution in [2.45, 2.75) is 11.0 Å². The standard InChI is InChI=1S/C12H12N2O2S/c13-7-9-8-14(5-6-16-9)12(15)10-3-1-2-4-11(10)17/h1-4,9,17H,5-6,8H2. The number of thiol groups is 1. The van der Waals surface area contributed by atoms with Gasteiger partial charge in [0, 0.05) is 11.4 Å². The van der Waals surface area contributed by atoms with Crippen molar-refractivity contribution in [3.8, 4) is 6.07 Å². The molecule has 0 bridgehead atoms. The first-order chi connectivity index (χ1) is 8.22. The summed E-state index contributed by atoms with van der Waals surface area (Å²) in [5.74, 6) is -0.0980. The van der Waals surface area contributed by atoms with Gasteiger partial charge < -0.3 is 9.64 Å². The van der Waals surface area contributed by atoms with Crippen molar-refractivity contribution in [1.82, 2.24) is 4.90 Å². The number of nitriles is 1. The van der Waals surface area contributed by atoms with Crippen LogP contribution in [0.4, 0.5) is 0 Å². The van der Waals surface area contributed by atoms with E-state index in [2.05, 4.69) is 12.6 Å². The van der Waals surface area contributed by atoms with Crippen LogP contribution in [-0.4, -0.2) is 36.6 Å². The fraction of sp³-hybridized carbons (Fsp3) is 0.333. The lowest BCUT2D eigenvalue weighted by atomic mass is 10.1. The van der Waals surface area contributed by atoms with Gasteiger partial charge in [-0.25, -0.2) is 0 Å². The molecule has 0 radical (unpaired) electrons. The van der Waals surface area contributed by atoms with Crippen molar-refractivity contribution in [2.24, 2.45) is 0 Å². The summed E-state index contributed by atoms with van der Waals surface area (Å²) < 4.78 is 5.20. The highest BCUT2D eigenvalue weighted by atomic mass is 32.1. The lowest BCUT2D eigenvalue weighted by Gasteiger charge is -2.30. The topological polar surface area (TPSA) is 53.3 Å². The molecule has 4 nitrogen and oxygen atoms in total. The van der Waals surface area contributed by atoms with E-state index in [1.165, 1.54) is 0 Å². The molecule has 0 N–H and O–H groups in total. The van der Waals surface area contributed by atoms with Gasteiger partial charge in [-0.15, -0.1) is 12.6 Å². The number of nitrogens with zero attached hydrogens (tertiary/aromatic N) is 2. The van der Waals surface area contributed by atoms with Crippen LogP contribution in [0, 0.1) is 11.3 Å². The zero-order chi connectivity index (χ0) is 12.3. The molecule has 2 rings (SSSR count). The third-order valence-electron chi connectivity index (χ3n) is 2.63. The van der Waals surface area contributed by atoms with Crippen LogP contribution in [0.2, 0.25) is 0 Å². The van der Waals surface area contributed by atoms with Gasteiger partial charge in [0.2, 0.25) is 0 Å². The van der Waals surface area contributed by atoms with Crippen LogP contribution in [0.3, 0.4) is 0 Å². The van der Waals surface area contributed by atoms with Crippen LogP contribution in [0.15, 0.2) is 29.2 Å². The molecule has 1 unspecified atom stereocenters. The highest BCUT2D eigenvalue weighted by molar-refractivity contribution is 7.80. The van der Waals surface area contributed by atoms with Gasteiger partial charge in [-0.1, -0.05) is 12.1 Å². The van der Waals surface area contributed by atoms with Crippen molar-refractivity contribution in [3.05, 3.63) is 29.8 Å². The minimum Gasteiger partial charge on any atom is -0.360 e. The van der Waals surface area contributed by atoms with Crippen LogP contribution in [-0.2, 0) is 4.74 Å². The van der Waals surface area contributed by atoms with Gasteiger partial charge in [0.25, 0.3) is 5.91 Å². The smallest absolute Gasteiger partial charge is 0.255 e. The summed E-state index contributed by atoms with van der Waals surface area (Å²) >= 11 is 4.26. The Labute approximate surface area is 105 Å². The third-order valence-corrected chi connectivity index (χ3v) is 3.02. The summed E-state index contributed by atoms with van der Waals surface area (Å²) in [7, 11) is 0. The summed E-state index contributed by atoms with van der Waals surface area (Å²) in [5, 5.41) is 8.79. The van der Waals surface area contributed by atoms with Gasteiger partial charge in [0.1, 0.15) is 0 Å². The van der Waals surface area contributed by atoms with Gasteiger partial charge in [-0.3, -0.25) is 4.79 Å². The van der Waals surface area contributed by atoms with Gasteiger partial charge in [-0.2, -0.15) is 5.26 Å². The van der Waals surface area contributed by atoms with E-state index in [0.29, 0.717) is 30.2 Å². The van der Waals surface area contributed by atoms with Crippen molar-refractivity contribution in [2.75, 3.05) is 19.7 Å². The van der Waals surface area contributed by atoms with E-state index >= 15 is 0 Å². The molecule has 1 heterocycles. The van der Waals surface area contributed by atoms with Gasteiger partial charge in [-0.05, 0) is 12.1 Å². The van der Waals surface area contributed by atoms with E-state index in [1.54, 1.807) is 23.1 Å². The molecule has 1 aliphatic heterocycles. The maximum atomic E-state index is 12.2. The third kappa shape index (κ3) is 2.60. The maximum absolute atomic E-state index is 12.2. The average Bonchev–Trinajstić information content (AvgIpc) is 2.38. The minimum absolute atomic E-state index is 0.0980. The van der Waals surface area contributed by atoms with Crippen LogP contribution in [0.1, 0.15) is 10.4 Å². The predicted octanol–water partition coefficient (Wildman–Crippen LogP) is 1.34. The first-order valence-corrected chi connectivity index (χ1v) is 5.75. The van der Waals surface area contributed by atoms with Crippen molar-refractivity contribution in [3.63, 3.8) is 0 Å². The number of hydrogen-bond donors (Lipinski definition) is 1. The molecular weight excluding hydrogens is 236 g/mol. The quantitative estimate of drug-likeness (QED) is 0.763. The van der Waals surface area contributed by atoms with Crippen LogP contribution >= 0.6 is 12.6 Å². The zero-order valence-electron chi connectivity index (χ0n) is 9.17.